The molecule has 16 heavy (non-hydrogen) atoms. The summed E-state index contributed by atoms with van der Waals surface area (Å²) in [4.78, 5) is 0. The van der Waals surface area contributed by atoms with Crippen LogP contribution in [0.5, 0.6) is 0 Å². The van der Waals surface area contributed by atoms with Gasteiger partial charge in [-0.25, -0.2) is 4.68 Å². The van der Waals surface area contributed by atoms with Crippen molar-refractivity contribution >= 4 is 27.7 Å². The molecule has 0 aromatic carbocycles. The van der Waals surface area contributed by atoms with Gasteiger partial charge in [-0.1, -0.05) is 19.1 Å². The van der Waals surface area contributed by atoms with E-state index in [1.807, 2.05) is 30.5 Å². The lowest BCUT2D eigenvalue weighted by atomic mass is 10.2. The second-order valence-electron chi connectivity index (χ2n) is 3.78. The molecule has 0 fully saturated rings. The zero-order valence-electron chi connectivity index (χ0n) is 10.2. The molecule has 0 aliphatic heterocycles. The van der Waals surface area contributed by atoms with Crippen molar-refractivity contribution in [2.24, 2.45) is 7.05 Å². The number of hydrogen-bond donors (Lipinski definition) is 1. The Morgan fingerprint density at radius 2 is 2.25 bits per heavy atom. The summed E-state index contributed by atoms with van der Waals surface area (Å²) >= 11 is 5.41. The minimum atomic E-state index is 0.286. The molecular formula is C10H19BrN4S. The van der Waals surface area contributed by atoms with Crippen LogP contribution in [0.25, 0.3) is 0 Å². The van der Waals surface area contributed by atoms with E-state index in [0.717, 1.165) is 16.0 Å². The minimum absolute atomic E-state index is 0.286. The molecule has 92 valence electrons. The van der Waals surface area contributed by atoms with Gasteiger partial charge in [0.25, 0.3) is 0 Å². The van der Waals surface area contributed by atoms with E-state index >= 15 is 0 Å². The Hall–Kier alpha value is -0.0700. The maximum Gasteiger partial charge on any atom is 0.153 e. The van der Waals surface area contributed by atoms with Crippen molar-refractivity contribution in [2.75, 3.05) is 12.8 Å². The first-order valence-corrected chi connectivity index (χ1v) is 7.28. The van der Waals surface area contributed by atoms with Crippen LogP contribution in [0, 0.1) is 0 Å². The molecule has 1 aromatic rings. The number of nitrogens with one attached hydrogen (secondary N) is 1. The van der Waals surface area contributed by atoms with Crippen molar-refractivity contribution < 1.29 is 0 Å². The normalized spacial score (nSPS) is 15.1. The number of hydrogen-bond acceptors (Lipinski definition) is 4. The molecule has 1 heterocycles. The Balaban J connectivity index is 2.67. The standard InChI is InChI=1S/C10H19BrN4S/c1-5-7(2)16-6-8(12-3)9-10(11)13-14-15(9)4/h7-8,12H,5-6H2,1-4H3. The van der Waals surface area contributed by atoms with Crippen molar-refractivity contribution in [1.29, 1.82) is 0 Å². The molecule has 0 aliphatic rings. The molecule has 0 spiro atoms. The molecule has 0 radical (unpaired) electrons. The highest BCUT2D eigenvalue weighted by atomic mass is 79.9. The van der Waals surface area contributed by atoms with Gasteiger partial charge < -0.3 is 5.32 Å². The second kappa shape index (κ2) is 6.61. The van der Waals surface area contributed by atoms with E-state index in [9.17, 15) is 0 Å². The van der Waals surface area contributed by atoms with E-state index < -0.39 is 0 Å². The Morgan fingerprint density at radius 1 is 1.56 bits per heavy atom. The van der Waals surface area contributed by atoms with Crippen LogP contribution in [0.3, 0.4) is 0 Å². The van der Waals surface area contributed by atoms with Crippen LogP contribution >= 0.6 is 27.7 Å². The number of aromatic nitrogens is 3. The average molecular weight is 307 g/mol. The first kappa shape index (κ1) is 14.0. The molecule has 1 rings (SSSR count). The quantitative estimate of drug-likeness (QED) is 0.876. The number of rotatable bonds is 6. The van der Waals surface area contributed by atoms with Gasteiger partial charge in [-0.3, -0.25) is 0 Å². The fourth-order valence-corrected chi connectivity index (χ4v) is 3.07. The maximum atomic E-state index is 4.01. The molecule has 0 bridgehead atoms. The van der Waals surface area contributed by atoms with Crippen LogP contribution in [0.4, 0.5) is 0 Å². The van der Waals surface area contributed by atoms with E-state index in [0.29, 0.717) is 5.25 Å². The molecule has 0 saturated carbocycles. The zero-order valence-corrected chi connectivity index (χ0v) is 12.6. The van der Waals surface area contributed by atoms with Crippen molar-refractivity contribution in [1.82, 2.24) is 20.3 Å². The Kier molecular flexibility index (Phi) is 5.78. The van der Waals surface area contributed by atoms with Crippen LogP contribution in [-0.4, -0.2) is 33.0 Å². The summed E-state index contributed by atoms with van der Waals surface area (Å²) in [5.41, 5.74) is 1.11. The van der Waals surface area contributed by atoms with Gasteiger partial charge in [0.2, 0.25) is 0 Å². The molecule has 0 saturated heterocycles. The molecule has 4 nitrogen and oxygen atoms in total. The third-order valence-corrected chi connectivity index (χ3v) is 4.62. The first-order chi connectivity index (χ1) is 7.60. The molecule has 2 atom stereocenters. The fourth-order valence-electron chi connectivity index (χ4n) is 1.39. The molecular weight excluding hydrogens is 288 g/mol. The van der Waals surface area contributed by atoms with Gasteiger partial charge in [0.05, 0.1) is 11.7 Å². The number of aryl methyl sites for hydroxylation is 1. The monoisotopic (exact) mass is 306 g/mol. The fraction of sp³-hybridized carbons (Fsp3) is 0.800. The second-order valence-corrected chi connectivity index (χ2v) is 6.01. The molecule has 0 aliphatic carbocycles. The first-order valence-electron chi connectivity index (χ1n) is 5.44. The van der Waals surface area contributed by atoms with Crippen LogP contribution < -0.4 is 5.32 Å². The highest BCUT2D eigenvalue weighted by Crippen LogP contribution is 2.25. The van der Waals surface area contributed by atoms with Gasteiger partial charge in [0, 0.05) is 18.1 Å². The minimum Gasteiger partial charge on any atom is -0.311 e. The summed E-state index contributed by atoms with van der Waals surface area (Å²) < 4.78 is 2.65. The number of nitrogens with zero attached hydrogens (tertiary/aromatic N) is 3. The van der Waals surface area contributed by atoms with Gasteiger partial charge in [-0.2, -0.15) is 11.8 Å². The molecule has 0 amide bonds. The Morgan fingerprint density at radius 3 is 2.69 bits per heavy atom. The molecule has 1 aromatic heterocycles. The van der Waals surface area contributed by atoms with Crippen molar-refractivity contribution in [3.8, 4) is 0 Å². The van der Waals surface area contributed by atoms with Gasteiger partial charge in [0.15, 0.2) is 4.60 Å². The van der Waals surface area contributed by atoms with Gasteiger partial charge in [-0.05, 0) is 29.4 Å². The predicted molar refractivity (Wildman–Crippen MR) is 72.7 cm³/mol. The maximum absolute atomic E-state index is 4.01. The van der Waals surface area contributed by atoms with E-state index in [2.05, 4.69) is 45.4 Å². The predicted octanol–water partition coefficient (Wildman–Crippen LogP) is 2.37. The lowest BCUT2D eigenvalue weighted by Crippen LogP contribution is -2.22. The molecule has 6 heteroatoms. The van der Waals surface area contributed by atoms with Gasteiger partial charge in [0.1, 0.15) is 0 Å². The molecule has 2 unspecified atom stereocenters. The summed E-state index contributed by atoms with van der Waals surface area (Å²) in [5.74, 6) is 1.03. The smallest absolute Gasteiger partial charge is 0.153 e. The van der Waals surface area contributed by atoms with Crippen LogP contribution in [-0.2, 0) is 7.05 Å². The lowest BCUT2D eigenvalue weighted by molar-refractivity contribution is 0.578. The summed E-state index contributed by atoms with van der Waals surface area (Å²) in [6.45, 7) is 4.47. The third kappa shape index (κ3) is 3.46. The van der Waals surface area contributed by atoms with Crippen LogP contribution in [0.2, 0.25) is 0 Å². The average Bonchev–Trinajstić information content (AvgIpc) is 2.61. The number of thioether (sulfide) groups is 1. The Labute approximate surface area is 110 Å². The highest BCUT2D eigenvalue weighted by Gasteiger charge is 2.19. The van der Waals surface area contributed by atoms with Gasteiger partial charge >= 0.3 is 0 Å². The summed E-state index contributed by atoms with van der Waals surface area (Å²) in [7, 11) is 3.90. The summed E-state index contributed by atoms with van der Waals surface area (Å²) in [6.07, 6.45) is 1.20. The van der Waals surface area contributed by atoms with E-state index in [-0.39, 0.29) is 6.04 Å². The largest absolute Gasteiger partial charge is 0.311 e. The summed E-state index contributed by atoms with van der Waals surface area (Å²) in [6, 6.07) is 0.286. The van der Waals surface area contributed by atoms with Crippen molar-refractivity contribution in [3.05, 3.63) is 10.3 Å². The van der Waals surface area contributed by atoms with E-state index in [1.54, 1.807) is 0 Å². The SMILES string of the molecule is CCC(C)SCC(NC)c1c(Br)nnn1C. The summed E-state index contributed by atoms with van der Waals surface area (Å²) in [5, 5.41) is 12.0. The van der Waals surface area contributed by atoms with Crippen LogP contribution in [0.15, 0.2) is 4.60 Å². The third-order valence-electron chi connectivity index (χ3n) is 2.63. The number of halogens is 1. The van der Waals surface area contributed by atoms with Crippen molar-refractivity contribution in [2.45, 2.75) is 31.6 Å². The highest BCUT2D eigenvalue weighted by molar-refractivity contribution is 9.10. The van der Waals surface area contributed by atoms with E-state index in [4.69, 9.17) is 0 Å². The van der Waals surface area contributed by atoms with Crippen molar-refractivity contribution in [3.63, 3.8) is 0 Å². The topological polar surface area (TPSA) is 42.7 Å². The lowest BCUT2D eigenvalue weighted by Gasteiger charge is -2.18. The Bertz CT molecular complexity index is 309. The van der Waals surface area contributed by atoms with Crippen LogP contribution in [0.1, 0.15) is 32.0 Å². The zero-order chi connectivity index (χ0) is 12.1. The van der Waals surface area contributed by atoms with E-state index in [1.165, 1.54) is 6.42 Å². The van der Waals surface area contributed by atoms with Gasteiger partial charge in [-0.15, -0.1) is 5.10 Å². The molecule has 1 N–H and O–H groups in total.